The number of esters is 1. The van der Waals surface area contributed by atoms with Gasteiger partial charge in [0.05, 0.1) is 18.5 Å². The highest BCUT2D eigenvalue weighted by Crippen LogP contribution is 2.29. The zero-order valence-electron chi connectivity index (χ0n) is 16.1. The van der Waals surface area contributed by atoms with Crippen LogP contribution in [-0.2, 0) is 9.47 Å². The standard InChI is InChI=1S/C20H21N3O4S/c1-20(2,3)27-19(25)21-16-12-14(13-8-6-5-7-9-13)22-23(16)15-10-11-28-17(15)18(24)26-4/h5-12H,1-4H3,(H,21,25). The summed E-state index contributed by atoms with van der Waals surface area (Å²) in [5.74, 6) is -0.0818. The van der Waals surface area contributed by atoms with Gasteiger partial charge >= 0.3 is 12.1 Å². The van der Waals surface area contributed by atoms with E-state index in [0.29, 0.717) is 22.1 Å². The van der Waals surface area contributed by atoms with E-state index in [-0.39, 0.29) is 0 Å². The van der Waals surface area contributed by atoms with Crippen molar-refractivity contribution >= 4 is 29.2 Å². The Labute approximate surface area is 166 Å². The summed E-state index contributed by atoms with van der Waals surface area (Å²) in [5.41, 5.74) is 1.40. The monoisotopic (exact) mass is 399 g/mol. The molecule has 0 atom stereocenters. The van der Waals surface area contributed by atoms with Crippen molar-refractivity contribution in [3.8, 4) is 16.9 Å². The third kappa shape index (κ3) is 4.40. The van der Waals surface area contributed by atoms with Gasteiger partial charge in [-0.3, -0.25) is 5.32 Å². The van der Waals surface area contributed by atoms with Crippen LogP contribution in [0, 0.1) is 0 Å². The Balaban J connectivity index is 2.05. The number of carbonyl (C=O) groups excluding carboxylic acids is 2. The fraction of sp³-hybridized carbons (Fsp3) is 0.250. The summed E-state index contributed by atoms with van der Waals surface area (Å²) in [6.07, 6.45) is -0.608. The van der Waals surface area contributed by atoms with Crippen molar-refractivity contribution in [3.05, 3.63) is 52.7 Å². The molecular formula is C20H21N3O4S. The van der Waals surface area contributed by atoms with Crippen molar-refractivity contribution in [2.45, 2.75) is 26.4 Å². The molecule has 8 heteroatoms. The van der Waals surface area contributed by atoms with Crippen molar-refractivity contribution < 1.29 is 19.1 Å². The number of methoxy groups -OCH3 is 1. The molecule has 3 aromatic rings. The summed E-state index contributed by atoms with van der Waals surface area (Å²) in [4.78, 5) is 24.8. The molecule has 2 heterocycles. The molecule has 0 aliphatic rings. The molecule has 0 saturated heterocycles. The fourth-order valence-corrected chi connectivity index (χ4v) is 3.31. The molecule has 0 saturated carbocycles. The van der Waals surface area contributed by atoms with Gasteiger partial charge in [-0.1, -0.05) is 30.3 Å². The molecule has 0 fully saturated rings. The predicted molar refractivity (Wildman–Crippen MR) is 108 cm³/mol. The summed E-state index contributed by atoms with van der Waals surface area (Å²) in [5, 5.41) is 9.08. The van der Waals surface area contributed by atoms with Crippen molar-refractivity contribution in [1.29, 1.82) is 0 Å². The molecule has 3 rings (SSSR count). The van der Waals surface area contributed by atoms with Crippen LogP contribution in [0.1, 0.15) is 30.4 Å². The second-order valence-corrected chi connectivity index (χ2v) is 7.86. The lowest BCUT2D eigenvalue weighted by Gasteiger charge is -2.19. The van der Waals surface area contributed by atoms with Crippen LogP contribution in [-0.4, -0.2) is 34.6 Å². The number of hydrogen-bond acceptors (Lipinski definition) is 6. The molecule has 146 valence electrons. The average molecular weight is 399 g/mol. The Morgan fingerprint density at radius 1 is 1.14 bits per heavy atom. The zero-order valence-corrected chi connectivity index (χ0v) is 16.9. The van der Waals surface area contributed by atoms with Gasteiger partial charge in [0.15, 0.2) is 0 Å². The van der Waals surface area contributed by atoms with Crippen LogP contribution >= 0.6 is 11.3 Å². The van der Waals surface area contributed by atoms with Crippen LogP contribution in [0.2, 0.25) is 0 Å². The summed E-state index contributed by atoms with van der Waals surface area (Å²) in [7, 11) is 1.32. The summed E-state index contributed by atoms with van der Waals surface area (Å²) >= 11 is 1.24. The SMILES string of the molecule is COC(=O)c1sccc1-n1nc(-c2ccccc2)cc1NC(=O)OC(C)(C)C. The van der Waals surface area contributed by atoms with E-state index in [1.165, 1.54) is 23.1 Å². The van der Waals surface area contributed by atoms with Crippen molar-refractivity contribution in [3.63, 3.8) is 0 Å². The second kappa shape index (κ2) is 7.85. The number of benzene rings is 1. The molecule has 28 heavy (non-hydrogen) atoms. The minimum atomic E-state index is -0.642. The maximum Gasteiger partial charge on any atom is 0.413 e. The number of thiophene rings is 1. The normalized spacial score (nSPS) is 11.1. The lowest BCUT2D eigenvalue weighted by molar-refractivity contribution is 0.0604. The molecule has 7 nitrogen and oxygen atoms in total. The number of carbonyl (C=O) groups is 2. The van der Waals surface area contributed by atoms with Gasteiger partial charge in [0.1, 0.15) is 16.3 Å². The Morgan fingerprint density at radius 2 is 1.86 bits per heavy atom. The number of amides is 1. The van der Waals surface area contributed by atoms with E-state index >= 15 is 0 Å². The molecule has 1 amide bonds. The molecule has 0 radical (unpaired) electrons. The van der Waals surface area contributed by atoms with E-state index in [9.17, 15) is 9.59 Å². The minimum Gasteiger partial charge on any atom is -0.465 e. The van der Waals surface area contributed by atoms with E-state index in [0.717, 1.165) is 5.56 Å². The first-order chi connectivity index (χ1) is 13.3. The number of anilines is 1. The Hall–Kier alpha value is -3.13. The van der Waals surface area contributed by atoms with Crippen LogP contribution in [0.5, 0.6) is 0 Å². The van der Waals surface area contributed by atoms with Crippen molar-refractivity contribution in [2.75, 3.05) is 12.4 Å². The Morgan fingerprint density at radius 3 is 2.50 bits per heavy atom. The first-order valence-corrected chi connectivity index (χ1v) is 9.48. The van der Waals surface area contributed by atoms with Gasteiger partial charge in [-0.15, -0.1) is 11.3 Å². The second-order valence-electron chi connectivity index (χ2n) is 6.95. The van der Waals surface area contributed by atoms with Gasteiger partial charge in [-0.25, -0.2) is 14.3 Å². The summed E-state index contributed by atoms with van der Waals surface area (Å²) < 4.78 is 11.7. The fourth-order valence-electron chi connectivity index (χ4n) is 2.53. The van der Waals surface area contributed by atoms with Gasteiger partial charge in [0, 0.05) is 11.6 Å². The molecule has 1 aromatic carbocycles. The van der Waals surface area contributed by atoms with Gasteiger partial charge in [-0.2, -0.15) is 5.10 Å². The van der Waals surface area contributed by atoms with Gasteiger partial charge in [0.25, 0.3) is 0 Å². The number of nitrogens with zero attached hydrogens (tertiary/aromatic N) is 2. The molecule has 0 unspecified atom stereocenters. The largest absolute Gasteiger partial charge is 0.465 e. The number of ether oxygens (including phenoxy) is 2. The maximum absolute atomic E-state index is 12.3. The molecule has 2 aromatic heterocycles. The van der Waals surface area contributed by atoms with Gasteiger partial charge < -0.3 is 9.47 Å². The van der Waals surface area contributed by atoms with E-state index in [2.05, 4.69) is 10.4 Å². The maximum atomic E-state index is 12.3. The Kier molecular flexibility index (Phi) is 5.51. The van der Waals surface area contributed by atoms with Crippen molar-refractivity contribution in [1.82, 2.24) is 9.78 Å². The third-order valence-electron chi connectivity index (χ3n) is 3.65. The quantitative estimate of drug-likeness (QED) is 0.641. The highest BCUT2D eigenvalue weighted by Gasteiger charge is 2.22. The predicted octanol–water partition coefficient (Wildman–Crippen LogP) is 4.73. The van der Waals surface area contributed by atoms with E-state index in [1.54, 1.807) is 38.3 Å². The van der Waals surface area contributed by atoms with Crippen LogP contribution in [0.3, 0.4) is 0 Å². The van der Waals surface area contributed by atoms with Gasteiger partial charge in [0.2, 0.25) is 0 Å². The molecule has 0 aliphatic carbocycles. The molecule has 0 bridgehead atoms. The number of nitrogens with one attached hydrogen (secondary N) is 1. The minimum absolute atomic E-state index is 0.386. The smallest absolute Gasteiger partial charge is 0.413 e. The van der Waals surface area contributed by atoms with E-state index in [1.807, 2.05) is 30.3 Å². The topological polar surface area (TPSA) is 82.5 Å². The summed E-state index contributed by atoms with van der Waals surface area (Å²) in [6, 6.07) is 13.0. The lowest BCUT2D eigenvalue weighted by atomic mass is 10.2. The van der Waals surface area contributed by atoms with Crippen molar-refractivity contribution in [2.24, 2.45) is 0 Å². The zero-order chi connectivity index (χ0) is 20.3. The molecular weight excluding hydrogens is 378 g/mol. The molecule has 1 N–H and O–H groups in total. The summed E-state index contributed by atoms with van der Waals surface area (Å²) in [6.45, 7) is 5.36. The van der Waals surface area contributed by atoms with E-state index in [4.69, 9.17) is 9.47 Å². The first kappa shape index (κ1) is 19.6. The Bertz CT molecular complexity index is 987. The number of hydrogen-bond donors (Lipinski definition) is 1. The van der Waals surface area contributed by atoms with E-state index < -0.39 is 17.7 Å². The number of aromatic nitrogens is 2. The van der Waals surface area contributed by atoms with Gasteiger partial charge in [-0.05, 0) is 32.2 Å². The third-order valence-corrected chi connectivity index (χ3v) is 4.54. The highest BCUT2D eigenvalue weighted by molar-refractivity contribution is 7.12. The number of rotatable bonds is 4. The van der Waals surface area contributed by atoms with Crippen LogP contribution in [0.25, 0.3) is 16.9 Å². The highest BCUT2D eigenvalue weighted by atomic mass is 32.1. The van der Waals surface area contributed by atoms with Crippen LogP contribution in [0.4, 0.5) is 10.6 Å². The first-order valence-electron chi connectivity index (χ1n) is 8.60. The van der Waals surface area contributed by atoms with Crippen LogP contribution in [0.15, 0.2) is 47.8 Å². The lowest BCUT2D eigenvalue weighted by Crippen LogP contribution is -2.28. The van der Waals surface area contributed by atoms with Crippen LogP contribution < -0.4 is 5.32 Å². The average Bonchev–Trinajstić information content (AvgIpc) is 3.27. The molecule has 0 spiro atoms. The molecule has 0 aliphatic heterocycles.